The Bertz CT molecular complexity index is 912. The first kappa shape index (κ1) is 22.5. The number of alkyl halides is 6. The average molecular weight is 414 g/mol. The minimum Gasteiger partial charge on any atom is -0.351 e. The number of rotatable bonds is 4. The number of benzene rings is 2. The van der Waals surface area contributed by atoms with Gasteiger partial charge in [0.25, 0.3) is 0 Å². The number of aliphatic imine (C=N–C) groups is 1. The highest BCUT2D eigenvalue weighted by atomic mass is 19.4. The number of hydrogen-bond acceptors (Lipinski definition) is 2. The van der Waals surface area contributed by atoms with E-state index in [1.807, 2.05) is 0 Å². The van der Waals surface area contributed by atoms with Gasteiger partial charge in [-0.1, -0.05) is 36.4 Å². The zero-order valence-electron chi connectivity index (χ0n) is 16.3. The van der Waals surface area contributed by atoms with E-state index in [4.69, 9.17) is 0 Å². The van der Waals surface area contributed by atoms with Crippen molar-refractivity contribution in [2.75, 3.05) is 5.32 Å². The number of nitrogens with zero attached hydrogens (tertiary/aromatic N) is 1. The van der Waals surface area contributed by atoms with Crippen LogP contribution in [0.5, 0.6) is 0 Å². The van der Waals surface area contributed by atoms with E-state index >= 15 is 0 Å². The Morgan fingerprint density at radius 2 is 1.21 bits per heavy atom. The maximum atomic E-state index is 13.6. The van der Waals surface area contributed by atoms with Crippen molar-refractivity contribution in [3.8, 4) is 0 Å². The molecule has 0 fully saturated rings. The van der Waals surface area contributed by atoms with Crippen LogP contribution in [-0.4, -0.2) is 18.1 Å². The van der Waals surface area contributed by atoms with Gasteiger partial charge in [0, 0.05) is 5.69 Å². The number of halogens is 6. The average Bonchev–Trinajstić information content (AvgIpc) is 2.56. The van der Waals surface area contributed by atoms with Crippen LogP contribution >= 0.6 is 0 Å². The minimum absolute atomic E-state index is 0.00956. The molecule has 0 aliphatic heterocycles. The van der Waals surface area contributed by atoms with Crippen molar-refractivity contribution in [1.29, 1.82) is 0 Å². The summed E-state index contributed by atoms with van der Waals surface area (Å²) in [6.45, 7) is 6.23. The second-order valence-electron chi connectivity index (χ2n) is 6.68. The standard InChI is InChI=1S/C21H20F6N2/c1-12-7-5-8-13(2)18(12)28-16(20(22,23)24)11-17(21(25,26)27)29-19-14(3)9-6-10-15(19)4/h5-11,28H,1-4H3/b16-11-,29-17?. The Kier molecular flexibility index (Phi) is 6.45. The smallest absolute Gasteiger partial charge is 0.351 e. The Hall–Kier alpha value is -2.77. The molecule has 2 aromatic carbocycles. The van der Waals surface area contributed by atoms with Gasteiger partial charge in [-0.2, -0.15) is 26.3 Å². The van der Waals surface area contributed by atoms with Crippen LogP contribution in [0.2, 0.25) is 0 Å². The topological polar surface area (TPSA) is 24.4 Å². The minimum atomic E-state index is -5.08. The second-order valence-corrected chi connectivity index (χ2v) is 6.68. The fourth-order valence-corrected chi connectivity index (χ4v) is 2.75. The molecule has 0 unspecified atom stereocenters. The van der Waals surface area contributed by atoms with Gasteiger partial charge >= 0.3 is 12.4 Å². The molecular formula is C21H20F6N2. The molecule has 0 heterocycles. The first-order valence-electron chi connectivity index (χ1n) is 8.65. The summed E-state index contributed by atoms with van der Waals surface area (Å²) in [5.41, 5.74) is -1.29. The van der Waals surface area contributed by atoms with Crippen molar-refractivity contribution in [2.45, 2.75) is 40.0 Å². The highest BCUT2D eigenvalue weighted by molar-refractivity contribution is 6.02. The van der Waals surface area contributed by atoms with Crippen LogP contribution in [0.15, 0.2) is 53.2 Å². The highest BCUT2D eigenvalue weighted by Gasteiger charge is 2.40. The molecule has 0 amide bonds. The molecule has 8 heteroatoms. The lowest BCUT2D eigenvalue weighted by Crippen LogP contribution is -2.26. The molecule has 0 atom stereocenters. The van der Waals surface area contributed by atoms with Crippen LogP contribution in [0.25, 0.3) is 0 Å². The van der Waals surface area contributed by atoms with Crippen molar-refractivity contribution in [1.82, 2.24) is 0 Å². The van der Waals surface area contributed by atoms with E-state index in [0.29, 0.717) is 22.3 Å². The Labute approximate surface area is 165 Å². The molecule has 156 valence electrons. The first-order chi connectivity index (χ1) is 13.3. The summed E-state index contributed by atoms with van der Waals surface area (Å²) in [4.78, 5) is 3.54. The molecule has 29 heavy (non-hydrogen) atoms. The molecule has 2 rings (SSSR count). The van der Waals surface area contributed by atoms with Gasteiger partial charge in [-0.25, -0.2) is 4.99 Å². The summed E-state index contributed by atoms with van der Waals surface area (Å²) < 4.78 is 81.3. The van der Waals surface area contributed by atoms with E-state index in [2.05, 4.69) is 10.3 Å². The third-order valence-electron chi connectivity index (χ3n) is 4.29. The monoisotopic (exact) mass is 414 g/mol. The molecule has 0 aromatic heterocycles. The first-order valence-corrected chi connectivity index (χ1v) is 8.65. The van der Waals surface area contributed by atoms with Crippen LogP contribution in [-0.2, 0) is 0 Å². The zero-order chi connectivity index (χ0) is 22.0. The maximum Gasteiger partial charge on any atom is 0.433 e. The fraction of sp³-hybridized carbons (Fsp3) is 0.286. The molecule has 0 radical (unpaired) electrons. The van der Waals surface area contributed by atoms with Crippen LogP contribution in [0, 0.1) is 27.7 Å². The quantitative estimate of drug-likeness (QED) is 0.418. The number of anilines is 1. The second kappa shape index (κ2) is 8.31. The maximum absolute atomic E-state index is 13.6. The Morgan fingerprint density at radius 3 is 1.62 bits per heavy atom. The van der Waals surface area contributed by atoms with Gasteiger partial charge in [0.2, 0.25) is 0 Å². The molecular weight excluding hydrogens is 394 g/mol. The van der Waals surface area contributed by atoms with Crippen molar-refractivity contribution in [3.05, 3.63) is 70.4 Å². The van der Waals surface area contributed by atoms with Crippen LogP contribution in [0.3, 0.4) is 0 Å². The predicted molar refractivity (Wildman–Crippen MR) is 103 cm³/mol. The van der Waals surface area contributed by atoms with Crippen LogP contribution < -0.4 is 5.32 Å². The fourth-order valence-electron chi connectivity index (χ4n) is 2.75. The van der Waals surface area contributed by atoms with E-state index in [1.54, 1.807) is 64.1 Å². The molecule has 1 N–H and O–H groups in total. The van der Waals surface area contributed by atoms with E-state index in [-0.39, 0.29) is 17.5 Å². The number of allylic oxidation sites excluding steroid dienone is 2. The van der Waals surface area contributed by atoms with E-state index < -0.39 is 23.8 Å². The van der Waals surface area contributed by atoms with Gasteiger partial charge in [-0.3, -0.25) is 0 Å². The summed E-state index contributed by atoms with van der Waals surface area (Å²) in [5.74, 6) is 0. The number of aryl methyl sites for hydroxylation is 4. The lowest BCUT2D eigenvalue weighted by Gasteiger charge is -2.19. The molecule has 0 saturated carbocycles. The number of hydrogen-bond donors (Lipinski definition) is 1. The highest BCUT2D eigenvalue weighted by Crippen LogP contribution is 2.33. The molecule has 0 bridgehead atoms. The molecule has 2 aromatic rings. The summed E-state index contributed by atoms with van der Waals surface area (Å²) >= 11 is 0. The Morgan fingerprint density at radius 1 is 0.759 bits per heavy atom. The predicted octanol–water partition coefficient (Wildman–Crippen LogP) is 7.11. The summed E-state index contributed by atoms with van der Waals surface area (Å²) in [5, 5.41) is 2.13. The molecule has 0 aliphatic rings. The van der Waals surface area contributed by atoms with Crippen molar-refractivity contribution in [2.24, 2.45) is 4.99 Å². The van der Waals surface area contributed by atoms with Crippen LogP contribution in [0.4, 0.5) is 37.7 Å². The largest absolute Gasteiger partial charge is 0.433 e. The number of nitrogens with one attached hydrogen (secondary N) is 1. The summed E-state index contributed by atoms with van der Waals surface area (Å²) in [6, 6.07) is 9.51. The normalized spacial score (nSPS) is 13.6. The zero-order valence-corrected chi connectivity index (χ0v) is 16.3. The molecule has 0 aliphatic carbocycles. The van der Waals surface area contributed by atoms with E-state index in [1.165, 1.54) is 0 Å². The third-order valence-corrected chi connectivity index (χ3v) is 4.29. The van der Waals surface area contributed by atoms with Crippen molar-refractivity contribution < 1.29 is 26.3 Å². The summed E-state index contributed by atoms with van der Waals surface area (Å²) in [7, 11) is 0. The van der Waals surface area contributed by atoms with Gasteiger partial charge in [0.05, 0.1) is 5.69 Å². The van der Waals surface area contributed by atoms with Gasteiger partial charge in [-0.05, 0) is 56.0 Å². The van der Waals surface area contributed by atoms with Crippen molar-refractivity contribution in [3.63, 3.8) is 0 Å². The molecule has 0 spiro atoms. The lowest BCUT2D eigenvalue weighted by atomic mass is 10.1. The van der Waals surface area contributed by atoms with E-state index in [9.17, 15) is 26.3 Å². The van der Waals surface area contributed by atoms with Gasteiger partial charge in [0.15, 0.2) is 0 Å². The summed E-state index contributed by atoms with van der Waals surface area (Å²) in [6.07, 6.45) is -10.1. The van der Waals surface area contributed by atoms with Gasteiger partial charge in [0.1, 0.15) is 11.4 Å². The van der Waals surface area contributed by atoms with Crippen LogP contribution in [0.1, 0.15) is 22.3 Å². The Balaban J connectivity index is 2.65. The van der Waals surface area contributed by atoms with Crippen molar-refractivity contribution >= 4 is 17.1 Å². The molecule has 0 saturated heterocycles. The molecule has 2 nitrogen and oxygen atoms in total. The van der Waals surface area contributed by atoms with Gasteiger partial charge < -0.3 is 5.32 Å². The van der Waals surface area contributed by atoms with Gasteiger partial charge in [-0.15, -0.1) is 0 Å². The SMILES string of the molecule is Cc1cccc(C)c1N=C(/C=C(\Nc1c(C)cccc1C)C(F)(F)F)C(F)(F)F. The third kappa shape index (κ3) is 5.62. The van der Waals surface area contributed by atoms with E-state index in [0.717, 1.165) is 0 Å². The lowest BCUT2D eigenvalue weighted by molar-refractivity contribution is -0.0904. The number of para-hydroxylation sites is 2.